The van der Waals surface area contributed by atoms with E-state index in [4.69, 9.17) is 9.84 Å². The van der Waals surface area contributed by atoms with Crippen LogP contribution in [0.15, 0.2) is 30.3 Å². The molecule has 2 atom stereocenters. The van der Waals surface area contributed by atoms with Crippen LogP contribution in [-0.4, -0.2) is 17.2 Å². The van der Waals surface area contributed by atoms with E-state index in [0.717, 1.165) is 29.9 Å². The molecular formula is C17H22O3. The Morgan fingerprint density at radius 2 is 2.20 bits per heavy atom. The van der Waals surface area contributed by atoms with Gasteiger partial charge in [0.05, 0.1) is 12.7 Å². The Morgan fingerprint density at radius 1 is 1.40 bits per heavy atom. The Kier molecular flexibility index (Phi) is 5.36. The van der Waals surface area contributed by atoms with E-state index in [2.05, 4.69) is 6.92 Å². The summed E-state index contributed by atoms with van der Waals surface area (Å²) in [6.07, 6.45) is 7.95. The van der Waals surface area contributed by atoms with Crippen LogP contribution in [0.1, 0.15) is 43.7 Å². The van der Waals surface area contributed by atoms with E-state index in [9.17, 15) is 4.79 Å². The summed E-state index contributed by atoms with van der Waals surface area (Å²) in [5.74, 6) is -0.183. The first kappa shape index (κ1) is 14.8. The smallest absolute Gasteiger partial charge is 0.328 e. The van der Waals surface area contributed by atoms with Gasteiger partial charge in [-0.05, 0) is 36.0 Å². The zero-order valence-corrected chi connectivity index (χ0v) is 11.9. The molecule has 1 aromatic rings. The van der Waals surface area contributed by atoms with Gasteiger partial charge in [0.1, 0.15) is 0 Å². The van der Waals surface area contributed by atoms with Gasteiger partial charge >= 0.3 is 5.97 Å². The Labute approximate surface area is 120 Å². The average Bonchev–Trinajstić information content (AvgIpc) is 2.44. The fraction of sp³-hybridized carbons (Fsp3) is 0.471. The van der Waals surface area contributed by atoms with Crippen LogP contribution in [0.4, 0.5) is 0 Å². The molecule has 1 N–H and O–H groups in total. The molecule has 3 nitrogen and oxygen atoms in total. The van der Waals surface area contributed by atoms with Crippen molar-refractivity contribution in [3.63, 3.8) is 0 Å². The van der Waals surface area contributed by atoms with Crippen LogP contribution in [0.25, 0.3) is 6.08 Å². The quantitative estimate of drug-likeness (QED) is 0.829. The SMILES string of the molecule is CC1CCCC(OCc2ccccc2C=CC(=O)O)C1. The molecule has 0 bridgehead atoms. The third-order valence-corrected chi connectivity index (χ3v) is 3.82. The molecule has 1 saturated carbocycles. The van der Waals surface area contributed by atoms with Crippen LogP contribution in [-0.2, 0) is 16.1 Å². The molecule has 1 aliphatic rings. The van der Waals surface area contributed by atoms with Crippen molar-refractivity contribution in [1.82, 2.24) is 0 Å². The zero-order valence-electron chi connectivity index (χ0n) is 11.9. The van der Waals surface area contributed by atoms with Gasteiger partial charge in [0.25, 0.3) is 0 Å². The van der Waals surface area contributed by atoms with E-state index < -0.39 is 5.97 Å². The van der Waals surface area contributed by atoms with Gasteiger partial charge in [0.15, 0.2) is 0 Å². The lowest BCUT2D eigenvalue weighted by Gasteiger charge is -2.27. The molecule has 0 radical (unpaired) electrons. The Hall–Kier alpha value is -1.61. The first-order valence-corrected chi connectivity index (χ1v) is 7.25. The summed E-state index contributed by atoms with van der Waals surface area (Å²) in [7, 11) is 0. The third kappa shape index (κ3) is 4.49. The highest BCUT2D eigenvalue weighted by molar-refractivity contribution is 5.85. The van der Waals surface area contributed by atoms with Crippen LogP contribution >= 0.6 is 0 Å². The van der Waals surface area contributed by atoms with Crippen molar-refractivity contribution in [3.05, 3.63) is 41.5 Å². The van der Waals surface area contributed by atoms with Gasteiger partial charge in [-0.1, -0.05) is 44.0 Å². The molecule has 0 amide bonds. The maximum absolute atomic E-state index is 10.6. The molecule has 20 heavy (non-hydrogen) atoms. The molecule has 0 saturated heterocycles. The Morgan fingerprint density at radius 3 is 2.95 bits per heavy atom. The number of hydrogen-bond acceptors (Lipinski definition) is 2. The van der Waals surface area contributed by atoms with Gasteiger partial charge in [-0.3, -0.25) is 0 Å². The topological polar surface area (TPSA) is 46.5 Å². The maximum Gasteiger partial charge on any atom is 0.328 e. The highest BCUT2D eigenvalue weighted by Crippen LogP contribution is 2.26. The summed E-state index contributed by atoms with van der Waals surface area (Å²) in [6, 6.07) is 7.78. The number of aliphatic carboxylic acids is 1. The summed E-state index contributed by atoms with van der Waals surface area (Å²) in [5, 5.41) is 8.71. The molecule has 2 rings (SSSR count). The number of carboxylic acid groups (broad SMARTS) is 1. The molecule has 1 aliphatic carbocycles. The lowest BCUT2D eigenvalue weighted by molar-refractivity contribution is -0.131. The van der Waals surface area contributed by atoms with Crippen LogP contribution in [0.3, 0.4) is 0 Å². The standard InChI is InChI=1S/C17H22O3/c1-13-5-4-8-16(11-13)20-12-15-7-3-2-6-14(15)9-10-17(18)19/h2-3,6-7,9-10,13,16H,4-5,8,11-12H2,1H3,(H,18,19). The van der Waals surface area contributed by atoms with Crippen molar-refractivity contribution in [1.29, 1.82) is 0 Å². The normalized spacial score (nSPS) is 23.1. The lowest BCUT2D eigenvalue weighted by atomic mass is 9.89. The molecule has 1 aromatic carbocycles. The minimum absolute atomic E-state index is 0.343. The summed E-state index contributed by atoms with van der Waals surface area (Å²) in [5.41, 5.74) is 1.96. The van der Waals surface area contributed by atoms with Gasteiger partial charge < -0.3 is 9.84 Å². The minimum Gasteiger partial charge on any atom is -0.478 e. The Bertz CT molecular complexity index is 479. The number of carboxylic acids is 1. The largest absolute Gasteiger partial charge is 0.478 e. The summed E-state index contributed by atoms with van der Waals surface area (Å²) >= 11 is 0. The van der Waals surface area contributed by atoms with E-state index in [-0.39, 0.29) is 0 Å². The third-order valence-electron chi connectivity index (χ3n) is 3.82. The second kappa shape index (κ2) is 7.25. The van der Waals surface area contributed by atoms with Crippen LogP contribution in [0, 0.1) is 5.92 Å². The first-order chi connectivity index (χ1) is 9.65. The van der Waals surface area contributed by atoms with Gasteiger partial charge in [0.2, 0.25) is 0 Å². The predicted molar refractivity (Wildman–Crippen MR) is 79.3 cm³/mol. The van der Waals surface area contributed by atoms with E-state index in [1.54, 1.807) is 6.08 Å². The Balaban J connectivity index is 1.96. The second-order valence-corrected chi connectivity index (χ2v) is 5.58. The van der Waals surface area contributed by atoms with Crippen LogP contribution in [0.2, 0.25) is 0 Å². The molecule has 108 valence electrons. The zero-order chi connectivity index (χ0) is 14.4. The van der Waals surface area contributed by atoms with Gasteiger partial charge in [-0.2, -0.15) is 0 Å². The number of carbonyl (C=O) groups is 1. The van der Waals surface area contributed by atoms with Crippen LogP contribution < -0.4 is 0 Å². The van der Waals surface area contributed by atoms with Gasteiger partial charge in [-0.15, -0.1) is 0 Å². The summed E-state index contributed by atoms with van der Waals surface area (Å²) in [6.45, 7) is 2.83. The van der Waals surface area contributed by atoms with Crippen molar-refractivity contribution in [2.45, 2.75) is 45.3 Å². The second-order valence-electron chi connectivity index (χ2n) is 5.58. The van der Waals surface area contributed by atoms with Crippen LogP contribution in [0.5, 0.6) is 0 Å². The number of hydrogen-bond donors (Lipinski definition) is 1. The van der Waals surface area contributed by atoms with E-state index in [1.807, 2.05) is 24.3 Å². The molecule has 0 aromatic heterocycles. The molecule has 0 aliphatic heterocycles. The minimum atomic E-state index is -0.929. The average molecular weight is 274 g/mol. The molecule has 0 heterocycles. The molecule has 3 heteroatoms. The number of rotatable bonds is 5. The highest BCUT2D eigenvalue weighted by atomic mass is 16.5. The van der Waals surface area contributed by atoms with Crippen molar-refractivity contribution < 1.29 is 14.6 Å². The molecular weight excluding hydrogens is 252 g/mol. The molecule has 0 spiro atoms. The lowest BCUT2D eigenvalue weighted by Crippen LogP contribution is -2.21. The summed E-state index contributed by atoms with van der Waals surface area (Å²) < 4.78 is 6.01. The first-order valence-electron chi connectivity index (χ1n) is 7.25. The molecule has 2 unspecified atom stereocenters. The van der Waals surface area contributed by atoms with E-state index in [0.29, 0.717) is 12.7 Å². The van der Waals surface area contributed by atoms with Crippen molar-refractivity contribution in [2.75, 3.05) is 0 Å². The number of benzene rings is 1. The van der Waals surface area contributed by atoms with Crippen molar-refractivity contribution >= 4 is 12.0 Å². The van der Waals surface area contributed by atoms with E-state index >= 15 is 0 Å². The van der Waals surface area contributed by atoms with Gasteiger partial charge in [0, 0.05) is 6.08 Å². The monoisotopic (exact) mass is 274 g/mol. The number of ether oxygens (including phenoxy) is 1. The van der Waals surface area contributed by atoms with E-state index in [1.165, 1.54) is 18.9 Å². The van der Waals surface area contributed by atoms with Gasteiger partial charge in [-0.25, -0.2) is 4.79 Å². The predicted octanol–water partition coefficient (Wildman–Crippen LogP) is 3.88. The van der Waals surface area contributed by atoms with Crippen molar-refractivity contribution in [2.24, 2.45) is 5.92 Å². The highest BCUT2D eigenvalue weighted by Gasteiger charge is 2.19. The fourth-order valence-electron chi connectivity index (χ4n) is 2.73. The fourth-order valence-corrected chi connectivity index (χ4v) is 2.73. The molecule has 1 fully saturated rings. The summed E-state index contributed by atoms with van der Waals surface area (Å²) in [4.78, 5) is 10.6. The maximum atomic E-state index is 10.6. The van der Waals surface area contributed by atoms with Crippen molar-refractivity contribution in [3.8, 4) is 0 Å².